The summed E-state index contributed by atoms with van der Waals surface area (Å²) in [5, 5.41) is 12.3. The number of hydrogen-bond donors (Lipinski definition) is 1. The summed E-state index contributed by atoms with van der Waals surface area (Å²) in [7, 11) is 3.39. The zero-order valence-electron chi connectivity index (χ0n) is 24.6. The van der Waals surface area contributed by atoms with Crippen LogP contribution in [-0.4, -0.2) is 77.3 Å². The van der Waals surface area contributed by atoms with Gasteiger partial charge >= 0.3 is 0 Å². The van der Waals surface area contributed by atoms with E-state index >= 15 is 0 Å². The summed E-state index contributed by atoms with van der Waals surface area (Å²) in [6, 6.07) is 10.9. The van der Waals surface area contributed by atoms with Crippen molar-refractivity contribution >= 4 is 11.8 Å². The van der Waals surface area contributed by atoms with E-state index in [0.717, 1.165) is 12.0 Å². The number of likely N-dealkylation sites (tertiary alicyclic amines) is 1. The van der Waals surface area contributed by atoms with E-state index in [9.17, 15) is 19.5 Å². The zero-order chi connectivity index (χ0) is 29.0. The van der Waals surface area contributed by atoms with Crippen LogP contribution in [0.1, 0.15) is 74.6 Å². The second-order valence-corrected chi connectivity index (χ2v) is 12.7. The molecule has 1 N–H and O–H groups in total. The summed E-state index contributed by atoms with van der Waals surface area (Å²) in [5.41, 5.74) is -0.263. The molecule has 41 heavy (non-hydrogen) atoms. The molecule has 1 unspecified atom stereocenters. The predicted molar refractivity (Wildman–Crippen MR) is 159 cm³/mol. The van der Waals surface area contributed by atoms with Crippen LogP contribution in [0.2, 0.25) is 0 Å². The monoisotopic (exact) mass is 563 g/mol. The fraction of sp³-hybridized carbons (Fsp3) is 0.606. The molecule has 3 heterocycles. The average molecular weight is 564 g/mol. The molecule has 1 saturated carbocycles. The average Bonchev–Trinajstić information content (AvgIpc) is 2.99. The summed E-state index contributed by atoms with van der Waals surface area (Å²) in [4.78, 5) is 43.6. The lowest BCUT2D eigenvalue weighted by Gasteiger charge is -2.55. The molecule has 5 rings (SSSR count). The van der Waals surface area contributed by atoms with Gasteiger partial charge in [0.05, 0.1) is 17.7 Å². The smallest absolute Gasteiger partial charge is 0.255 e. The predicted octanol–water partition coefficient (Wildman–Crippen LogP) is 4.34. The number of piperidine rings is 1. The number of nitrogens with zero attached hydrogens (tertiary/aromatic N) is 3. The Morgan fingerprint density at radius 1 is 1.05 bits per heavy atom. The van der Waals surface area contributed by atoms with Crippen molar-refractivity contribution in [1.29, 1.82) is 0 Å². The van der Waals surface area contributed by atoms with Crippen LogP contribution in [0.3, 0.4) is 0 Å². The van der Waals surface area contributed by atoms with Gasteiger partial charge in [-0.2, -0.15) is 0 Å². The molecule has 1 aromatic carbocycles. The number of ether oxygens (including phenoxy) is 1. The van der Waals surface area contributed by atoms with Crippen LogP contribution in [0.4, 0.5) is 0 Å². The van der Waals surface area contributed by atoms with E-state index in [-0.39, 0.29) is 23.9 Å². The number of aliphatic hydroxyl groups is 1. The van der Waals surface area contributed by atoms with E-state index in [4.69, 9.17) is 4.74 Å². The molecule has 2 aliphatic heterocycles. The maximum atomic E-state index is 13.5. The van der Waals surface area contributed by atoms with Gasteiger partial charge in [-0.05, 0) is 37.2 Å². The lowest BCUT2D eigenvalue weighted by molar-refractivity contribution is -0.184. The van der Waals surface area contributed by atoms with Gasteiger partial charge in [-0.25, -0.2) is 0 Å². The van der Waals surface area contributed by atoms with E-state index < -0.39 is 11.0 Å². The molecule has 1 atom stereocenters. The SMILES string of the molecule is CN(C)C(=O)c1cn(CC2(O)CCN(C(=O)CCC3CCCCC3)CC23CCOCC3)c(=O)cc1-c1ccccc1. The van der Waals surface area contributed by atoms with Crippen molar-refractivity contribution in [3.05, 3.63) is 58.5 Å². The minimum atomic E-state index is -1.21. The number of benzene rings is 1. The third kappa shape index (κ3) is 6.28. The summed E-state index contributed by atoms with van der Waals surface area (Å²) in [5.74, 6) is 0.617. The highest BCUT2D eigenvalue weighted by Crippen LogP contribution is 2.47. The summed E-state index contributed by atoms with van der Waals surface area (Å²) in [6.45, 7) is 2.02. The van der Waals surface area contributed by atoms with Gasteiger partial charge in [0.2, 0.25) is 5.91 Å². The number of aromatic nitrogens is 1. The van der Waals surface area contributed by atoms with Crippen LogP contribution in [-0.2, 0) is 16.1 Å². The molecule has 1 aliphatic carbocycles. The Bertz CT molecular complexity index is 1280. The van der Waals surface area contributed by atoms with Crippen LogP contribution in [0.5, 0.6) is 0 Å². The van der Waals surface area contributed by atoms with Crippen LogP contribution in [0, 0.1) is 11.3 Å². The van der Waals surface area contributed by atoms with Gasteiger partial charge in [-0.1, -0.05) is 62.4 Å². The first-order valence-electron chi connectivity index (χ1n) is 15.3. The lowest BCUT2D eigenvalue weighted by atomic mass is 9.62. The van der Waals surface area contributed by atoms with Crippen LogP contribution in [0.25, 0.3) is 11.1 Å². The Labute approximate surface area is 243 Å². The van der Waals surface area contributed by atoms with Gasteiger partial charge in [0.15, 0.2) is 0 Å². The largest absolute Gasteiger partial charge is 0.387 e. The highest BCUT2D eigenvalue weighted by atomic mass is 16.5. The van der Waals surface area contributed by atoms with Crippen molar-refractivity contribution < 1.29 is 19.4 Å². The normalized spacial score (nSPS) is 23.0. The third-order valence-electron chi connectivity index (χ3n) is 9.85. The van der Waals surface area contributed by atoms with Crippen molar-refractivity contribution in [3.8, 4) is 11.1 Å². The van der Waals surface area contributed by atoms with Crippen molar-refractivity contribution in [2.45, 2.75) is 76.4 Å². The van der Waals surface area contributed by atoms with E-state index in [1.54, 1.807) is 20.3 Å². The topological polar surface area (TPSA) is 92.1 Å². The van der Waals surface area contributed by atoms with Crippen LogP contribution in [0.15, 0.2) is 47.4 Å². The van der Waals surface area contributed by atoms with Crippen molar-refractivity contribution in [3.63, 3.8) is 0 Å². The molecular weight excluding hydrogens is 518 g/mol. The molecule has 222 valence electrons. The molecule has 2 saturated heterocycles. The zero-order valence-corrected chi connectivity index (χ0v) is 24.6. The summed E-state index contributed by atoms with van der Waals surface area (Å²) in [6.07, 6.45) is 11.0. The molecule has 2 amide bonds. The molecule has 1 spiro atoms. The van der Waals surface area contributed by atoms with Gasteiger partial charge in [0.1, 0.15) is 0 Å². The second-order valence-electron chi connectivity index (χ2n) is 12.7. The van der Waals surface area contributed by atoms with E-state index in [1.807, 2.05) is 35.2 Å². The molecule has 1 aromatic heterocycles. The van der Waals surface area contributed by atoms with Crippen molar-refractivity contribution in [2.75, 3.05) is 40.4 Å². The molecular formula is C33H45N3O5. The van der Waals surface area contributed by atoms with E-state index in [2.05, 4.69) is 0 Å². The first kappa shape index (κ1) is 29.5. The highest BCUT2D eigenvalue weighted by Gasteiger charge is 2.55. The number of carbonyl (C=O) groups excluding carboxylic acids is 2. The Hall–Kier alpha value is -2.97. The first-order chi connectivity index (χ1) is 19.7. The molecule has 0 radical (unpaired) electrons. The molecule has 0 bridgehead atoms. The highest BCUT2D eigenvalue weighted by molar-refractivity contribution is 6.00. The molecule has 8 heteroatoms. The van der Waals surface area contributed by atoms with Gasteiger partial charge in [0.25, 0.3) is 11.5 Å². The fourth-order valence-corrected chi connectivity index (χ4v) is 7.23. The second kappa shape index (κ2) is 12.5. The lowest BCUT2D eigenvalue weighted by Crippen LogP contribution is -2.64. The van der Waals surface area contributed by atoms with Crippen molar-refractivity contribution in [2.24, 2.45) is 11.3 Å². The van der Waals surface area contributed by atoms with E-state index in [0.29, 0.717) is 69.0 Å². The maximum absolute atomic E-state index is 13.5. The van der Waals surface area contributed by atoms with Gasteiger partial charge < -0.3 is 24.2 Å². The molecule has 3 aliphatic rings. The molecule has 8 nitrogen and oxygen atoms in total. The van der Waals surface area contributed by atoms with Crippen molar-refractivity contribution in [1.82, 2.24) is 14.4 Å². The van der Waals surface area contributed by atoms with E-state index in [1.165, 1.54) is 47.6 Å². The number of amides is 2. The summed E-state index contributed by atoms with van der Waals surface area (Å²) >= 11 is 0. The number of carbonyl (C=O) groups is 2. The van der Waals surface area contributed by atoms with Crippen LogP contribution >= 0.6 is 0 Å². The minimum absolute atomic E-state index is 0.0682. The number of hydrogen-bond acceptors (Lipinski definition) is 5. The Morgan fingerprint density at radius 3 is 2.44 bits per heavy atom. The fourth-order valence-electron chi connectivity index (χ4n) is 7.23. The summed E-state index contributed by atoms with van der Waals surface area (Å²) < 4.78 is 7.20. The molecule has 2 aromatic rings. The quantitative estimate of drug-likeness (QED) is 0.541. The van der Waals surface area contributed by atoms with Gasteiger partial charge in [0, 0.05) is 70.1 Å². The molecule has 3 fully saturated rings. The Kier molecular flexibility index (Phi) is 9.00. The third-order valence-corrected chi connectivity index (χ3v) is 9.85. The number of pyridine rings is 1. The maximum Gasteiger partial charge on any atom is 0.255 e. The standard InChI is InChI=1S/C33H45N3O5/c1-34(2)31(39)28-22-36(30(38)21-27(28)26-11-7-4-8-12-26)24-33(40)15-18-35(23-32(33)16-19-41-20-17-32)29(37)14-13-25-9-5-3-6-10-25/h4,7-8,11-12,21-22,25,40H,3,5-6,9-10,13-20,23-24H2,1-2H3. The van der Waals surface area contributed by atoms with Gasteiger partial charge in [-0.3, -0.25) is 14.4 Å². The Balaban J connectivity index is 1.41. The van der Waals surface area contributed by atoms with Crippen LogP contribution < -0.4 is 5.56 Å². The van der Waals surface area contributed by atoms with Gasteiger partial charge in [-0.15, -0.1) is 0 Å². The first-order valence-corrected chi connectivity index (χ1v) is 15.3. The Morgan fingerprint density at radius 2 is 1.76 bits per heavy atom. The minimum Gasteiger partial charge on any atom is -0.387 e. The number of rotatable bonds is 7.